The number of carbonyl (C=O) groups excluding carboxylic acids is 1. The molecule has 1 unspecified atom stereocenters. The molecule has 0 radical (unpaired) electrons. The standard InChI is InChI=1S/C19H23NO3/c1-4-7-18(23-17-9-6-5-8-15(17)20)19(21)14-10-11-16(22-3)13(2)12-14/h5-6,8-12,18H,4,7,20H2,1-3H3. The van der Waals surface area contributed by atoms with Crippen LogP contribution < -0.4 is 15.2 Å². The molecule has 0 aliphatic carbocycles. The predicted molar refractivity (Wildman–Crippen MR) is 92.2 cm³/mol. The number of anilines is 1. The number of benzene rings is 2. The highest BCUT2D eigenvalue weighted by atomic mass is 16.5. The summed E-state index contributed by atoms with van der Waals surface area (Å²) in [5, 5.41) is 0. The lowest BCUT2D eigenvalue weighted by molar-refractivity contribution is 0.0778. The highest BCUT2D eigenvalue weighted by molar-refractivity contribution is 6.00. The Hall–Kier alpha value is -2.49. The lowest BCUT2D eigenvalue weighted by Crippen LogP contribution is -2.27. The van der Waals surface area contributed by atoms with E-state index in [-0.39, 0.29) is 5.78 Å². The number of nitrogens with two attached hydrogens (primary N) is 1. The second kappa shape index (κ2) is 7.68. The van der Waals surface area contributed by atoms with E-state index in [2.05, 4.69) is 0 Å². The number of rotatable bonds is 7. The molecular weight excluding hydrogens is 290 g/mol. The molecule has 0 bridgehead atoms. The molecule has 0 heterocycles. The van der Waals surface area contributed by atoms with Crippen molar-refractivity contribution in [2.75, 3.05) is 12.8 Å². The molecule has 4 nitrogen and oxygen atoms in total. The Kier molecular flexibility index (Phi) is 5.63. The van der Waals surface area contributed by atoms with Crippen molar-refractivity contribution < 1.29 is 14.3 Å². The van der Waals surface area contributed by atoms with E-state index in [9.17, 15) is 4.79 Å². The molecule has 23 heavy (non-hydrogen) atoms. The van der Waals surface area contributed by atoms with Gasteiger partial charge in [-0.05, 0) is 49.2 Å². The van der Waals surface area contributed by atoms with Gasteiger partial charge < -0.3 is 15.2 Å². The van der Waals surface area contributed by atoms with E-state index in [1.807, 2.05) is 38.1 Å². The first-order valence-electron chi connectivity index (χ1n) is 7.76. The minimum Gasteiger partial charge on any atom is -0.496 e. The quantitative estimate of drug-likeness (QED) is 0.619. The number of ketones is 1. The van der Waals surface area contributed by atoms with Crippen molar-refractivity contribution in [2.45, 2.75) is 32.8 Å². The van der Waals surface area contributed by atoms with Gasteiger partial charge in [0.1, 0.15) is 11.5 Å². The van der Waals surface area contributed by atoms with Crippen LogP contribution in [-0.2, 0) is 0 Å². The molecule has 0 amide bonds. The van der Waals surface area contributed by atoms with Gasteiger partial charge in [0.25, 0.3) is 0 Å². The summed E-state index contributed by atoms with van der Waals surface area (Å²) in [6, 6.07) is 12.6. The zero-order chi connectivity index (χ0) is 16.8. The van der Waals surface area contributed by atoms with Crippen LogP contribution in [0.3, 0.4) is 0 Å². The second-order valence-corrected chi connectivity index (χ2v) is 5.48. The van der Waals surface area contributed by atoms with Gasteiger partial charge >= 0.3 is 0 Å². The summed E-state index contributed by atoms with van der Waals surface area (Å²) in [4.78, 5) is 12.8. The van der Waals surface area contributed by atoms with Gasteiger partial charge in [-0.15, -0.1) is 0 Å². The van der Waals surface area contributed by atoms with Crippen molar-refractivity contribution in [3.8, 4) is 11.5 Å². The molecule has 2 rings (SSSR count). The Morgan fingerprint density at radius 3 is 2.52 bits per heavy atom. The highest BCUT2D eigenvalue weighted by Crippen LogP contribution is 2.25. The Balaban J connectivity index is 2.24. The van der Waals surface area contributed by atoms with Gasteiger partial charge in [-0.25, -0.2) is 0 Å². The van der Waals surface area contributed by atoms with E-state index in [1.165, 1.54) is 0 Å². The van der Waals surface area contributed by atoms with Gasteiger partial charge in [0.05, 0.1) is 12.8 Å². The highest BCUT2D eigenvalue weighted by Gasteiger charge is 2.22. The molecule has 0 saturated carbocycles. The lowest BCUT2D eigenvalue weighted by atomic mass is 10.0. The van der Waals surface area contributed by atoms with Crippen molar-refractivity contribution in [1.29, 1.82) is 0 Å². The third-order valence-electron chi connectivity index (χ3n) is 3.71. The lowest BCUT2D eigenvalue weighted by Gasteiger charge is -2.19. The number of para-hydroxylation sites is 2. The maximum Gasteiger partial charge on any atom is 0.203 e. The summed E-state index contributed by atoms with van der Waals surface area (Å²) in [6.07, 6.45) is 0.939. The average molecular weight is 313 g/mol. The zero-order valence-electron chi connectivity index (χ0n) is 13.8. The number of hydrogen-bond acceptors (Lipinski definition) is 4. The number of nitrogen functional groups attached to an aromatic ring is 1. The first-order valence-corrected chi connectivity index (χ1v) is 7.76. The van der Waals surface area contributed by atoms with Crippen molar-refractivity contribution >= 4 is 11.5 Å². The topological polar surface area (TPSA) is 61.5 Å². The van der Waals surface area contributed by atoms with Crippen LogP contribution in [0.25, 0.3) is 0 Å². The minimum atomic E-state index is -0.544. The van der Waals surface area contributed by atoms with Gasteiger partial charge in [-0.2, -0.15) is 0 Å². The molecule has 2 aromatic rings. The van der Waals surface area contributed by atoms with Gasteiger partial charge in [0.2, 0.25) is 5.78 Å². The van der Waals surface area contributed by atoms with E-state index >= 15 is 0 Å². The largest absolute Gasteiger partial charge is 0.496 e. The number of aryl methyl sites for hydroxylation is 1. The molecule has 0 aromatic heterocycles. The van der Waals surface area contributed by atoms with Crippen LogP contribution in [0.15, 0.2) is 42.5 Å². The molecule has 2 N–H and O–H groups in total. The average Bonchev–Trinajstić information content (AvgIpc) is 2.55. The Morgan fingerprint density at radius 1 is 1.17 bits per heavy atom. The zero-order valence-corrected chi connectivity index (χ0v) is 13.8. The Bertz CT molecular complexity index is 682. The molecule has 0 spiro atoms. The van der Waals surface area contributed by atoms with Crippen molar-refractivity contribution in [2.24, 2.45) is 0 Å². The smallest absolute Gasteiger partial charge is 0.203 e. The maximum atomic E-state index is 12.8. The molecule has 0 fully saturated rings. The molecule has 1 atom stereocenters. The Labute approximate surface area is 137 Å². The van der Waals surface area contributed by atoms with Gasteiger partial charge in [0.15, 0.2) is 6.10 Å². The monoisotopic (exact) mass is 313 g/mol. The van der Waals surface area contributed by atoms with E-state index < -0.39 is 6.10 Å². The fourth-order valence-corrected chi connectivity index (χ4v) is 2.46. The number of carbonyl (C=O) groups is 1. The van der Waals surface area contributed by atoms with E-state index in [0.717, 1.165) is 17.7 Å². The summed E-state index contributed by atoms with van der Waals surface area (Å²) >= 11 is 0. The van der Waals surface area contributed by atoms with Crippen molar-refractivity contribution in [3.63, 3.8) is 0 Å². The summed E-state index contributed by atoms with van der Waals surface area (Å²) < 4.78 is 11.1. The van der Waals surface area contributed by atoms with Crippen LogP contribution in [0.4, 0.5) is 5.69 Å². The number of ether oxygens (including phenoxy) is 2. The molecule has 0 aliphatic heterocycles. The third-order valence-corrected chi connectivity index (χ3v) is 3.71. The first kappa shape index (κ1) is 16.9. The van der Waals surface area contributed by atoms with E-state index in [0.29, 0.717) is 23.4 Å². The van der Waals surface area contributed by atoms with Crippen LogP contribution in [0, 0.1) is 6.92 Å². The summed E-state index contributed by atoms with van der Waals surface area (Å²) in [5.41, 5.74) is 7.99. The molecule has 122 valence electrons. The predicted octanol–water partition coefficient (Wildman–Crippen LogP) is 4.02. The van der Waals surface area contributed by atoms with Crippen LogP contribution in [-0.4, -0.2) is 19.0 Å². The van der Waals surface area contributed by atoms with Gasteiger partial charge in [0, 0.05) is 5.56 Å². The molecule has 2 aromatic carbocycles. The van der Waals surface area contributed by atoms with E-state index in [4.69, 9.17) is 15.2 Å². The second-order valence-electron chi connectivity index (χ2n) is 5.48. The van der Waals surface area contributed by atoms with Crippen LogP contribution in [0.2, 0.25) is 0 Å². The van der Waals surface area contributed by atoms with Crippen LogP contribution >= 0.6 is 0 Å². The van der Waals surface area contributed by atoms with E-state index in [1.54, 1.807) is 25.3 Å². The SMILES string of the molecule is CCCC(Oc1ccccc1N)C(=O)c1ccc(OC)c(C)c1. The molecule has 0 saturated heterocycles. The number of Topliss-reactive ketones (excluding diaryl/α,β-unsaturated/α-hetero) is 1. The summed E-state index contributed by atoms with van der Waals surface area (Å²) in [5.74, 6) is 1.27. The van der Waals surface area contributed by atoms with Crippen molar-refractivity contribution in [1.82, 2.24) is 0 Å². The Morgan fingerprint density at radius 2 is 1.91 bits per heavy atom. The molecular formula is C19H23NO3. The third kappa shape index (κ3) is 4.03. The summed E-state index contributed by atoms with van der Waals surface area (Å²) in [7, 11) is 1.62. The van der Waals surface area contributed by atoms with Crippen LogP contribution in [0.5, 0.6) is 11.5 Å². The van der Waals surface area contributed by atoms with Gasteiger partial charge in [-0.1, -0.05) is 25.5 Å². The fraction of sp³-hybridized carbons (Fsp3) is 0.316. The maximum absolute atomic E-state index is 12.8. The molecule has 0 aliphatic rings. The number of methoxy groups -OCH3 is 1. The molecule has 4 heteroatoms. The summed E-state index contributed by atoms with van der Waals surface area (Å²) in [6.45, 7) is 3.94. The fourth-order valence-electron chi connectivity index (χ4n) is 2.46. The van der Waals surface area contributed by atoms with Crippen molar-refractivity contribution in [3.05, 3.63) is 53.6 Å². The minimum absolute atomic E-state index is 0.0409. The van der Waals surface area contributed by atoms with Gasteiger partial charge in [-0.3, -0.25) is 4.79 Å². The number of hydrogen-bond donors (Lipinski definition) is 1. The van der Waals surface area contributed by atoms with Crippen LogP contribution in [0.1, 0.15) is 35.7 Å². The first-order chi connectivity index (χ1) is 11.1. The normalized spacial score (nSPS) is 11.8.